The quantitative estimate of drug-likeness (QED) is 0.785. The first kappa shape index (κ1) is 15.5. The first-order valence-corrected chi connectivity index (χ1v) is 9.65. The third kappa shape index (κ3) is 3.31. The Balaban J connectivity index is 1.70. The van der Waals surface area contributed by atoms with Gasteiger partial charge in [0.25, 0.3) is 0 Å². The van der Waals surface area contributed by atoms with E-state index in [1.807, 2.05) is 0 Å². The summed E-state index contributed by atoms with van der Waals surface area (Å²) < 4.78 is 28.9. The lowest BCUT2D eigenvalue weighted by molar-refractivity contribution is -0.129. The van der Waals surface area contributed by atoms with Gasteiger partial charge in [0.15, 0.2) is 15.7 Å². The molecule has 1 aromatic rings. The molecular formula is C14H21N3O4S. The molecule has 1 saturated carbocycles. The van der Waals surface area contributed by atoms with Crippen molar-refractivity contribution in [2.24, 2.45) is 0 Å². The SMILES string of the molecule is CCCS(=O)(=O)CC(=O)N1CCC[C@@H]1c1noc(C2CC2)n1. The fraction of sp³-hybridized carbons (Fsp3) is 0.786. The Bertz CT molecular complexity index is 651. The van der Waals surface area contributed by atoms with Crippen molar-refractivity contribution in [1.29, 1.82) is 0 Å². The van der Waals surface area contributed by atoms with Crippen molar-refractivity contribution in [3.05, 3.63) is 11.7 Å². The maximum absolute atomic E-state index is 12.3. The van der Waals surface area contributed by atoms with Crippen LogP contribution in [0, 0.1) is 0 Å². The molecule has 2 heterocycles. The zero-order valence-corrected chi connectivity index (χ0v) is 13.5. The molecule has 3 rings (SSSR count). The molecule has 8 heteroatoms. The topological polar surface area (TPSA) is 93.4 Å². The monoisotopic (exact) mass is 327 g/mol. The van der Waals surface area contributed by atoms with Gasteiger partial charge in [0.2, 0.25) is 11.8 Å². The summed E-state index contributed by atoms with van der Waals surface area (Å²) in [7, 11) is -3.33. The van der Waals surface area contributed by atoms with Crippen LogP contribution in [-0.2, 0) is 14.6 Å². The van der Waals surface area contributed by atoms with E-state index in [9.17, 15) is 13.2 Å². The van der Waals surface area contributed by atoms with Gasteiger partial charge in [0.1, 0.15) is 5.75 Å². The molecule has 2 aliphatic rings. The Labute approximate surface area is 130 Å². The maximum atomic E-state index is 12.3. The smallest absolute Gasteiger partial charge is 0.238 e. The van der Waals surface area contributed by atoms with E-state index in [2.05, 4.69) is 10.1 Å². The summed E-state index contributed by atoms with van der Waals surface area (Å²) in [5.41, 5.74) is 0. The van der Waals surface area contributed by atoms with Crippen molar-refractivity contribution in [2.75, 3.05) is 18.1 Å². The molecule has 0 aromatic carbocycles. The van der Waals surface area contributed by atoms with Crippen LogP contribution in [0.5, 0.6) is 0 Å². The Kier molecular flexibility index (Phi) is 4.20. The number of rotatable bonds is 6. The van der Waals surface area contributed by atoms with Gasteiger partial charge < -0.3 is 9.42 Å². The van der Waals surface area contributed by atoms with E-state index in [0.717, 1.165) is 25.7 Å². The van der Waals surface area contributed by atoms with Gasteiger partial charge in [-0.05, 0) is 32.1 Å². The molecule has 2 fully saturated rings. The van der Waals surface area contributed by atoms with E-state index in [1.54, 1.807) is 11.8 Å². The molecule has 1 atom stereocenters. The number of aromatic nitrogens is 2. The minimum Gasteiger partial charge on any atom is -0.339 e. The number of nitrogens with zero attached hydrogens (tertiary/aromatic N) is 3. The first-order chi connectivity index (χ1) is 10.5. The van der Waals surface area contributed by atoms with Gasteiger partial charge in [-0.1, -0.05) is 12.1 Å². The highest BCUT2D eigenvalue weighted by atomic mass is 32.2. The van der Waals surface area contributed by atoms with Gasteiger partial charge in [0.05, 0.1) is 11.8 Å². The fourth-order valence-electron chi connectivity index (χ4n) is 2.87. The molecule has 122 valence electrons. The molecule has 0 spiro atoms. The van der Waals surface area contributed by atoms with Crippen molar-refractivity contribution in [2.45, 2.75) is 51.0 Å². The highest BCUT2D eigenvalue weighted by molar-refractivity contribution is 7.92. The molecule has 7 nitrogen and oxygen atoms in total. The molecule has 0 radical (unpaired) electrons. The average Bonchev–Trinajstić information content (AvgIpc) is 3.00. The maximum Gasteiger partial charge on any atom is 0.238 e. The van der Waals surface area contributed by atoms with Gasteiger partial charge in [-0.25, -0.2) is 8.42 Å². The summed E-state index contributed by atoms with van der Waals surface area (Å²) in [4.78, 5) is 18.3. The van der Waals surface area contributed by atoms with Crippen LogP contribution >= 0.6 is 0 Å². The van der Waals surface area contributed by atoms with Crippen LogP contribution in [-0.4, -0.2) is 47.4 Å². The number of amides is 1. The van der Waals surface area contributed by atoms with Crippen molar-refractivity contribution >= 4 is 15.7 Å². The van der Waals surface area contributed by atoms with Crippen LogP contribution in [0.3, 0.4) is 0 Å². The van der Waals surface area contributed by atoms with E-state index in [0.29, 0.717) is 30.6 Å². The Morgan fingerprint density at radius 2 is 2.14 bits per heavy atom. The molecule has 1 aliphatic heterocycles. The summed E-state index contributed by atoms with van der Waals surface area (Å²) in [5.74, 6) is 0.801. The van der Waals surface area contributed by atoms with Crippen LogP contribution < -0.4 is 0 Å². The highest BCUT2D eigenvalue weighted by Crippen LogP contribution is 2.40. The number of hydrogen-bond acceptors (Lipinski definition) is 6. The molecule has 0 unspecified atom stereocenters. The third-order valence-corrected chi connectivity index (χ3v) is 5.83. The number of hydrogen-bond donors (Lipinski definition) is 0. The first-order valence-electron chi connectivity index (χ1n) is 7.83. The lowest BCUT2D eigenvalue weighted by Gasteiger charge is -2.22. The normalized spacial score (nSPS) is 22.2. The lowest BCUT2D eigenvalue weighted by Crippen LogP contribution is -2.36. The number of carbonyl (C=O) groups excluding carboxylic acids is 1. The van der Waals surface area contributed by atoms with Crippen molar-refractivity contribution in [3.63, 3.8) is 0 Å². The second-order valence-corrected chi connectivity index (χ2v) is 8.29. The second kappa shape index (κ2) is 5.98. The predicted molar refractivity (Wildman–Crippen MR) is 78.9 cm³/mol. The Morgan fingerprint density at radius 3 is 2.82 bits per heavy atom. The van der Waals surface area contributed by atoms with Crippen molar-refractivity contribution in [1.82, 2.24) is 15.0 Å². The Morgan fingerprint density at radius 1 is 1.36 bits per heavy atom. The summed E-state index contributed by atoms with van der Waals surface area (Å²) >= 11 is 0. The lowest BCUT2D eigenvalue weighted by atomic mass is 10.2. The fourth-order valence-corrected chi connectivity index (χ4v) is 4.17. The van der Waals surface area contributed by atoms with E-state index >= 15 is 0 Å². The van der Waals surface area contributed by atoms with Crippen LogP contribution in [0.4, 0.5) is 0 Å². The minimum absolute atomic E-state index is 0.0469. The van der Waals surface area contributed by atoms with Crippen LogP contribution in [0.1, 0.15) is 62.7 Å². The highest BCUT2D eigenvalue weighted by Gasteiger charge is 2.36. The molecule has 1 aromatic heterocycles. The number of sulfone groups is 1. The zero-order valence-electron chi connectivity index (χ0n) is 12.7. The summed E-state index contributed by atoms with van der Waals surface area (Å²) in [6, 6.07) is -0.249. The molecule has 1 aliphatic carbocycles. The molecule has 1 saturated heterocycles. The number of carbonyl (C=O) groups is 1. The molecule has 0 bridgehead atoms. The third-order valence-electron chi connectivity index (χ3n) is 4.11. The second-order valence-electron chi connectivity index (χ2n) is 6.10. The number of likely N-dealkylation sites (tertiary alicyclic amines) is 1. The van der Waals surface area contributed by atoms with Crippen LogP contribution in [0.25, 0.3) is 0 Å². The van der Waals surface area contributed by atoms with Crippen LogP contribution in [0.2, 0.25) is 0 Å². The molecular weight excluding hydrogens is 306 g/mol. The molecule has 22 heavy (non-hydrogen) atoms. The van der Waals surface area contributed by atoms with E-state index in [4.69, 9.17) is 4.52 Å². The van der Waals surface area contributed by atoms with Gasteiger partial charge in [-0.15, -0.1) is 0 Å². The minimum atomic E-state index is -3.33. The van der Waals surface area contributed by atoms with Gasteiger partial charge >= 0.3 is 0 Å². The molecule has 1 amide bonds. The molecule has 0 N–H and O–H groups in total. The van der Waals surface area contributed by atoms with Crippen molar-refractivity contribution in [3.8, 4) is 0 Å². The summed E-state index contributed by atoms with van der Waals surface area (Å²) in [6.45, 7) is 2.35. The summed E-state index contributed by atoms with van der Waals surface area (Å²) in [5, 5.41) is 4.00. The largest absolute Gasteiger partial charge is 0.339 e. The van der Waals surface area contributed by atoms with E-state index in [1.165, 1.54) is 0 Å². The van der Waals surface area contributed by atoms with Gasteiger partial charge in [-0.3, -0.25) is 4.79 Å². The van der Waals surface area contributed by atoms with Crippen molar-refractivity contribution < 1.29 is 17.7 Å². The van der Waals surface area contributed by atoms with E-state index < -0.39 is 15.6 Å². The standard InChI is InChI=1S/C14H21N3O4S/c1-2-8-22(19,20)9-12(18)17-7-3-4-11(17)13-15-14(21-16-13)10-5-6-10/h10-11H,2-9H2,1H3/t11-/m1/s1. The average molecular weight is 327 g/mol. The van der Waals surface area contributed by atoms with Gasteiger partial charge in [0, 0.05) is 12.5 Å². The van der Waals surface area contributed by atoms with Crippen LogP contribution in [0.15, 0.2) is 4.52 Å². The zero-order chi connectivity index (χ0) is 15.7. The predicted octanol–water partition coefficient (Wildman–Crippen LogP) is 1.44. The van der Waals surface area contributed by atoms with Gasteiger partial charge in [-0.2, -0.15) is 4.98 Å². The Hall–Kier alpha value is -1.44. The van der Waals surface area contributed by atoms with E-state index in [-0.39, 0.29) is 17.7 Å². The summed E-state index contributed by atoms with van der Waals surface area (Å²) in [6.07, 6.45) is 4.25.